The molecule has 0 bridgehead atoms. The van der Waals surface area contributed by atoms with Crippen molar-refractivity contribution in [2.24, 2.45) is 9.98 Å². The Labute approximate surface area is 360 Å². The van der Waals surface area contributed by atoms with Gasteiger partial charge in [-0.1, -0.05) is 126 Å². The maximum Gasteiger partial charge on any atom is 0 e. The van der Waals surface area contributed by atoms with Crippen LogP contribution in [0.4, 0.5) is 25.2 Å². The van der Waals surface area contributed by atoms with Gasteiger partial charge in [-0.05, 0) is 44.9 Å². The molecule has 0 aliphatic carbocycles. The van der Waals surface area contributed by atoms with Gasteiger partial charge in [-0.2, -0.15) is 0 Å². The summed E-state index contributed by atoms with van der Waals surface area (Å²) in [5.41, 5.74) is 5.11. The largest absolute Gasteiger partial charge is 0 e. The summed E-state index contributed by atoms with van der Waals surface area (Å²) in [6.45, 7) is 25.8. The topological polar surface area (TPSA) is 102 Å². The van der Waals surface area contributed by atoms with Gasteiger partial charge in [0, 0.05) is 64.4 Å². The number of ether oxygens (including phenoxy) is 4. The van der Waals surface area contributed by atoms with Crippen LogP contribution in [0.25, 0.3) is 0 Å². The van der Waals surface area contributed by atoms with Crippen LogP contribution >= 0.6 is 7.81 Å². The van der Waals surface area contributed by atoms with Crippen molar-refractivity contribution in [1.29, 1.82) is 0 Å². The van der Waals surface area contributed by atoms with Gasteiger partial charge in [0.2, 0.25) is 0 Å². The van der Waals surface area contributed by atoms with Crippen LogP contribution in [-0.4, -0.2) is 66.9 Å². The summed E-state index contributed by atoms with van der Waals surface area (Å²) >= 11 is 0. The Morgan fingerprint density at radius 2 is 1.07 bits per heavy atom. The monoisotopic (exact) mass is 912 g/mol. The molecule has 0 aromatic heterocycles. The molecule has 3 aromatic rings. The maximum atomic E-state index is 11.6. The summed E-state index contributed by atoms with van der Waals surface area (Å²) < 4.78 is 84.5. The molecular formula is C44H60F6MnN2O6P-. The summed E-state index contributed by atoms with van der Waals surface area (Å²) in [5.74, 6) is 0.392. The van der Waals surface area contributed by atoms with E-state index >= 15 is 0 Å². The molecule has 0 saturated carbocycles. The van der Waals surface area contributed by atoms with E-state index in [1.54, 1.807) is 19.5 Å². The van der Waals surface area contributed by atoms with Crippen LogP contribution in [-0.2, 0) is 57.7 Å². The van der Waals surface area contributed by atoms with Gasteiger partial charge in [-0.3, -0.25) is 9.98 Å². The second-order valence-electron chi connectivity index (χ2n) is 19.4. The molecule has 2 fully saturated rings. The summed E-state index contributed by atoms with van der Waals surface area (Å²) in [6.07, 6.45) is 1.01. The third-order valence-corrected chi connectivity index (χ3v) is 10.0. The van der Waals surface area contributed by atoms with Gasteiger partial charge in [-0.25, -0.2) is 0 Å². The van der Waals surface area contributed by atoms with Crippen molar-refractivity contribution < 1.29 is 71.4 Å². The molecule has 0 spiro atoms. The normalized spacial score (nSPS) is 24.2. The smallest absolute Gasteiger partial charge is 0 e. The second kappa shape index (κ2) is 17.3. The first-order valence-corrected chi connectivity index (χ1v) is 21.5. The molecule has 4 unspecified atom stereocenters. The first kappa shape index (κ1) is 51.3. The minimum Gasteiger partial charge on any atom is 0 e. The van der Waals surface area contributed by atoms with Crippen LogP contribution in [0.2, 0.25) is 0 Å². The van der Waals surface area contributed by atoms with E-state index in [-0.39, 0.29) is 56.8 Å². The summed E-state index contributed by atoms with van der Waals surface area (Å²) in [5, 5.41) is 23.2. The number of methoxy groups -OCH3 is 1. The number of rotatable bonds is 6. The molecule has 60 heavy (non-hydrogen) atoms. The number of halogens is 6. The number of nitrogens with zero attached hydrogens (tertiary/aromatic N) is 2. The second-order valence-corrected chi connectivity index (χ2v) is 21.3. The van der Waals surface area contributed by atoms with Crippen molar-refractivity contribution in [3.63, 3.8) is 0 Å². The summed E-state index contributed by atoms with van der Waals surface area (Å²) in [6, 6.07) is 16.8. The fourth-order valence-electron chi connectivity index (χ4n) is 6.74. The average molecular weight is 913 g/mol. The maximum absolute atomic E-state index is 11.6. The van der Waals surface area contributed by atoms with Gasteiger partial charge >= 0.3 is 33.0 Å². The number of aliphatic imine (C=N–C) groups is 2. The standard InChI is InChI=1S/C44H60N2O6.F6P.Mn/c1-41(2,3)29-19-27(36(47)31(21-29)43(7,8)9)23-45-34-35(46-24-28-20-30(42(4,5)6)22-32(37(28)48)44(10,11)12)40(49-13)51-33-25-50-39(52-38(33)34)26-17-15-14-16-18-26;1-7(2,3,4,5)6;/h14-24,33-35,38-40,47-48H,25H2,1-13H3;;/q;-1;/t33?,34-,35-,38?,39?,40?;;/m0../s1. The number of fused-ring (bicyclic) bond motifs is 1. The third kappa shape index (κ3) is 14.3. The van der Waals surface area contributed by atoms with E-state index in [0.717, 1.165) is 27.8 Å². The van der Waals surface area contributed by atoms with Crippen LogP contribution < -0.4 is 0 Å². The molecule has 8 nitrogen and oxygen atoms in total. The van der Waals surface area contributed by atoms with Crippen LogP contribution in [0.5, 0.6) is 11.5 Å². The molecule has 337 valence electrons. The van der Waals surface area contributed by atoms with E-state index in [2.05, 4.69) is 95.2 Å². The Hall–Kier alpha value is -3.03. The molecule has 2 N–H and O–H groups in total. The minimum absolute atomic E-state index is 0. The van der Waals surface area contributed by atoms with Crippen LogP contribution in [0, 0.1) is 0 Å². The Morgan fingerprint density at radius 3 is 1.45 bits per heavy atom. The number of hydrogen-bond acceptors (Lipinski definition) is 8. The zero-order valence-electron chi connectivity index (χ0n) is 36.5. The number of phenolic OH excluding ortho intramolecular Hbond substituents is 2. The molecule has 3 aromatic carbocycles. The molecule has 6 atom stereocenters. The summed E-state index contributed by atoms with van der Waals surface area (Å²) in [4.78, 5) is 10.3. The number of hydrogen-bond donors (Lipinski definition) is 2. The fraction of sp³-hybridized carbons (Fsp3) is 0.545. The van der Waals surface area contributed by atoms with Crippen molar-refractivity contribution in [3.8, 4) is 11.5 Å². The molecule has 1 radical (unpaired) electrons. The quantitative estimate of drug-likeness (QED) is 0.111. The molecular weight excluding hydrogens is 852 g/mol. The van der Waals surface area contributed by atoms with Crippen molar-refractivity contribution >= 4 is 20.2 Å². The van der Waals surface area contributed by atoms with Crippen LogP contribution in [0.1, 0.15) is 128 Å². The first-order valence-electron chi connectivity index (χ1n) is 19.4. The Bertz CT molecular complexity index is 2010. The SMILES string of the molecule is COC1OC2COC(c3ccccc3)OC2[C@@H](N=Cc2cc(C(C)(C)C)cc(C(C)(C)C)c2O)[C@@H]1N=Cc1cc(C(C)(C)C)cc(C(C)(C)C)c1O.F[P-](F)(F)(F)(F)F.[Mn]. The van der Waals surface area contributed by atoms with E-state index in [0.29, 0.717) is 11.1 Å². The first-order chi connectivity index (χ1) is 26.5. The molecule has 2 saturated heterocycles. The number of aromatic hydroxyl groups is 2. The van der Waals surface area contributed by atoms with Gasteiger partial charge in [0.1, 0.15) is 35.8 Å². The number of phenols is 2. The van der Waals surface area contributed by atoms with Gasteiger partial charge in [0.15, 0.2) is 12.6 Å². The molecule has 5 rings (SSSR count). The zero-order chi connectivity index (χ0) is 44.8. The van der Waals surface area contributed by atoms with E-state index in [4.69, 9.17) is 28.9 Å². The van der Waals surface area contributed by atoms with Crippen molar-refractivity contribution in [2.75, 3.05) is 13.7 Å². The Kier molecular flexibility index (Phi) is 14.8. The van der Waals surface area contributed by atoms with E-state index in [9.17, 15) is 35.4 Å². The predicted molar refractivity (Wildman–Crippen MR) is 223 cm³/mol. The van der Waals surface area contributed by atoms with E-state index < -0.39 is 44.7 Å². The van der Waals surface area contributed by atoms with Gasteiger partial charge in [-0.15, -0.1) is 0 Å². The van der Waals surface area contributed by atoms with E-state index in [1.165, 1.54) is 0 Å². The van der Waals surface area contributed by atoms with Crippen LogP contribution in [0.15, 0.2) is 64.6 Å². The fourth-order valence-corrected chi connectivity index (χ4v) is 6.74. The van der Waals surface area contributed by atoms with E-state index in [1.807, 2.05) is 42.5 Å². The van der Waals surface area contributed by atoms with Crippen molar-refractivity contribution in [2.45, 2.75) is 142 Å². The molecule has 2 aliphatic heterocycles. The zero-order valence-corrected chi connectivity index (χ0v) is 38.6. The average Bonchev–Trinajstić information content (AvgIpc) is 3.07. The predicted octanol–water partition coefficient (Wildman–Crippen LogP) is 12.4. The molecule has 2 aliphatic rings. The molecule has 2 heterocycles. The van der Waals surface area contributed by atoms with Crippen molar-refractivity contribution in [3.05, 3.63) is 93.5 Å². The van der Waals surface area contributed by atoms with Gasteiger partial charge in [0.05, 0.1) is 6.61 Å². The van der Waals surface area contributed by atoms with Crippen LogP contribution in [0.3, 0.4) is 0 Å². The van der Waals surface area contributed by atoms with Crippen molar-refractivity contribution in [1.82, 2.24) is 0 Å². The summed E-state index contributed by atoms with van der Waals surface area (Å²) in [7, 11) is -9.06. The Morgan fingerprint density at radius 1 is 0.650 bits per heavy atom. The van der Waals surface area contributed by atoms with Gasteiger partial charge < -0.3 is 29.2 Å². The molecule has 0 amide bonds. The van der Waals surface area contributed by atoms with Gasteiger partial charge in [0.25, 0.3) is 0 Å². The third-order valence-electron chi connectivity index (χ3n) is 10.0. The minimum atomic E-state index is -10.7. The Balaban J connectivity index is 0.00000110. The number of benzene rings is 3. The molecule has 16 heteroatoms.